The Morgan fingerprint density at radius 1 is 1.06 bits per heavy atom. The highest BCUT2D eigenvalue weighted by atomic mass is 32.2. The third-order valence-corrected chi connectivity index (χ3v) is 6.70. The highest BCUT2D eigenvalue weighted by Crippen LogP contribution is 2.28. The molecule has 0 N–H and O–H groups in total. The molecule has 1 aliphatic rings. The van der Waals surface area contributed by atoms with Crippen LogP contribution >= 0.6 is 11.8 Å². The summed E-state index contributed by atoms with van der Waals surface area (Å²) in [6.07, 6.45) is 0. The number of rotatable bonds is 8. The Kier molecular flexibility index (Phi) is 7.61. The zero-order valence-electron chi connectivity index (χ0n) is 18.9. The van der Waals surface area contributed by atoms with Gasteiger partial charge in [0.25, 0.3) is 0 Å². The molecule has 0 saturated carbocycles. The number of hydrogen-bond acceptors (Lipinski definition) is 6. The van der Waals surface area contributed by atoms with Crippen molar-refractivity contribution in [1.82, 2.24) is 24.6 Å². The van der Waals surface area contributed by atoms with E-state index >= 15 is 0 Å². The summed E-state index contributed by atoms with van der Waals surface area (Å²) in [5.74, 6) is 0.357. The lowest BCUT2D eigenvalue weighted by atomic mass is 10.3. The van der Waals surface area contributed by atoms with Gasteiger partial charge in [-0.2, -0.15) is 0 Å². The van der Waals surface area contributed by atoms with Crippen LogP contribution < -0.4 is 4.74 Å². The van der Waals surface area contributed by atoms with E-state index in [0.717, 1.165) is 38.4 Å². The van der Waals surface area contributed by atoms with Crippen LogP contribution in [0.15, 0.2) is 59.8 Å². The average molecular weight is 470 g/mol. The molecule has 0 unspecified atom stereocenters. The molecule has 1 saturated heterocycles. The number of thioether (sulfide) groups is 1. The molecule has 4 rings (SSSR count). The maximum Gasteiger partial charge on any atom is 0.235 e. The van der Waals surface area contributed by atoms with Gasteiger partial charge in [0.2, 0.25) is 5.91 Å². The van der Waals surface area contributed by atoms with Crippen LogP contribution in [-0.2, 0) is 11.4 Å². The molecule has 3 aromatic rings. The van der Waals surface area contributed by atoms with Crippen LogP contribution in [0.25, 0.3) is 5.69 Å². The number of ether oxygens (including phenoxy) is 1. The molecule has 1 atom stereocenters. The fraction of sp³-hybridized carbons (Fsp3) is 0.375. The molecule has 0 aliphatic carbocycles. The van der Waals surface area contributed by atoms with Gasteiger partial charge in [-0.05, 0) is 37.7 Å². The molecule has 0 spiro atoms. The maximum atomic E-state index is 14.0. The summed E-state index contributed by atoms with van der Waals surface area (Å²) in [7, 11) is 0. The second-order valence-electron chi connectivity index (χ2n) is 7.81. The predicted molar refractivity (Wildman–Crippen MR) is 126 cm³/mol. The number of carbonyl (C=O) groups is 1. The van der Waals surface area contributed by atoms with Crippen molar-refractivity contribution in [3.63, 3.8) is 0 Å². The van der Waals surface area contributed by atoms with Gasteiger partial charge in [0, 0.05) is 31.9 Å². The number of likely N-dealkylation sites (N-methyl/N-ethyl adjacent to an activating group) is 1. The molecule has 1 fully saturated rings. The second-order valence-corrected chi connectivity index (χ2v) is 9.12. The van der Waals surface area contributed by atoms with Crippen molar-refractivity contribution in [2.75, 3.05) is 32.7 Å². The fourth-order valence-electron chi connectivity index (χ4n) is 3.76. The van der Waals surface area contributed by atoms with Crippen LogP contribution in [0.3, 0.4) is 0 Å². The standard InChI is InChI=1S/C24H28FN5O2S/c1-3-28-13-15-29(16-14-28)23(31)18(2)33-24-27-26-22(30(24)19-9-5-4-6-10-19)17-32-21-12-8-7-11-20(21)25/h4-12,18H,3,13-17H2,1-2H3/t18-/m0/s1. The quantitative estimate of drug-likeness (QED) is 0.470. The zero-order chi connectivity index (χ0) is 23.2. The number of benzene rings is 2. The van der Waals surface area contributed by atoms with Gasteiger partial charge in [0.15, 0.2) is 22.5 Å². The Morgan fingerprint density at radius 3 is 2.45 bits per heavy atom. The molecule has 2 aromatic carbocycles. The molecule has 1 aliphatic heterocycles. The largest absolute Gasteiger partial charge is 0.483 e. The van der Waals surface area contributed by atoms with Crippen molar-refractivity contribution in [2.24, 2.45) is 0 Å². The van der Waals surface area contributed by atoms with Crippen molar-refractivity contribution in [3.8, 4) is 11.4 Å². The lowest BCUT2D eigenvalue weighted by molar-refractivity contribution is -0.132. The normalized spacial score (nSPS) is 15.4. The average Bonchev–Trinajstić information content (AvgIpc) is 3.25. The molecule has 174 valence electrons. The van der Waals surface area contributed by atoms with E-state index in [2.05, 4.69) is 22.0 Å². The highest BCUT2D eigenvalue weighted by molar-refractivity contribution is 8.00. The maximum absolute atomic E-state index is 14.0. The van der Waals surface area contributed by atoms with Crippen LogP contribution in [0.1, 0.15) is 19.7 Å². The van der Waals surface area contributed by atoms with Crippen molar-refractivity contribution in [2.45, 2.75) is 30.9 Å². The number of hydrogen-bond donors (Lipinski definition) is 0. The summed E-state index contributed by atoms with van der Waals surface area (Å²) in [6, 6.07) is 15.9. The van der Waals surface area contributed by atoms with Gasteiger partial charge < -0.3 is 14.5 Å². The van der Waals surface area contributed by atoms with Crippen LogP contribution in [0.2, 0.25) is 0 Å². The first-order valence-electron chi connectivity index (χ1n) is 11.1. The number of amides is 1. The van der Waals surface area contributed by atoms with Gasteiger partial charge in [-0.3, -0.25) is 9.36 Å². The van der Waals surface area contributed by atoms with Gasteiger partial charge in [-0.1, -0.05) is 49.0 Å². The van der Waals surface area contributed by atoms with E-state index < -0.39 is 5.82 Å². The van der Waals surface area contributed by atoms with Crippen molar-refractivity contribution < 1.29 is 13.9 Å². The zero-order valence-corrected chi connectivity index (χ0v) is 19.7. The molecule has 9 heteroatoms. The van der Waals surface area contributed by atoms with Crippen molar-refractivity contribution >= 4 is 17.7 Å². The number of piperazine rings is 1. The Balaban J connectivity index is 1.51. The summed E-state index contributed by atoms with van der Waals surface area (Å²) >= 11 is 1.37. The van der Waals surface area contributed by atoms with E-state index in [0.29, 0.717) is 11.0 Å². The Labute approximate surface area is 197 Å². The number of aromatic nitrogens is 3. The van der Waals surface area contributed by atoms with Gasteiger partial charge in [-0.25, -0.2) is 4.39 Å². The molecule has 0 radical (unpaired) electrons. The molecule has 33 heavy (non-hydrogen) atoms. The van der Waals surface area contributed by atoms with Crippen molar-refractivity contribution in [1.29, 1.82) is 0 Å². The van der Waals surface area contributed by atoms with E-state index in [4.69, 9.17) is 4.74 Å². The predicted octanol–water partition coefficient (Wildman–Crippen LogP) is 3.63. The first-order valence-corrected chi connectivity index (χ1v) is 12.0. The topological polar surface area (TPSA) is 63.5 Å². The van der Waals surface area contributed by atoms with Gasteiger partial charge in [-0.15, -0.1) is 10.2 Å². The van der Waals surface area contributed by atoms with E-state index in [1.165, 1.54) is 17.8 Å². The molecule has 2 heterocycles. The minimum Gasteiger partial charge on any atom is -0.483 e. The van der Waals surface area contributed by atoms with Crippen LogP contribution in [0, 0.1) is 5.82 Å². The summed E-state index contributed by atoms with van der Waals surface area (Å²) in [6.45, 7) is 8.37. The second kappa shape index (κ2) is 10.8. The minimum atomic E-state index is -0.430. The molecular formula is C24H28FN5O2S. The molecule has 1 amide bonds. The molecule has 7 nitrogen and oxygen atoms in total. The Bertz CT molecular complexity index is 1070. The number of nitrogens with zero attached hydrogens (tertiary/aromatic N) is 5. The number of carbonyl (C=O) groups excluding carboxylic acids is 1. The van der Waals surface area contributed by atoms with Crippen LogP contribution in [0.5, 0.6) is 5.75 Å². The third-order valence-electron chi connectivity index (χ3n) is 5.67. The SMILES string of the molecule is CCN1CCN(C(=O)[C@H](C)Sc2nnc(COc3ccccc3F)n2-c2ccccc2)CC1. The summed E-state index contributed by atoms with van der Waals surface area (Å²) in [4.78, 5) is 17.3. The first-order chi connectivity index (χ1) is 16.1. The van der Waals surface area contributed by atoms with E-state index in [9.17, 15) is 9.18 Å². The van der Waals surface area contributed by atoms with E-state index in [1.54, 1.807) is 18.2 Å². The van der Waals surface area contributed by atoms with Crippen LogP contribution in [-0.4, -0.2) is 68.4 Å². The summed E-state index contributed by atoms with van der Waals surface area (Å²) in [5.41, 5.74) is 0.855. The summed E-state index contributed by atoms with van der Waals surface area (Å²) in [5, 5.41) is 8.92. The Hall–Kier alpha value is -2.91. The first kappa shape index (κ1) is 23.3. The van der Waals surface area contributed by atoms with E-state index in [1.807, 2.05) is 46.7 Å². The van der Waals surface area contributed by atoms with Gasteiger partial charge >= 0.3 is 0 Å². The highest BCUT2D eigenvalue weighted by Gasteiger charge is 2.27. The number of para-hydroxylation sites is 2. The smallest absolute Gasteiger partial charge is 0.235 e. The monoisotopic (exact) mass is 469 g/mol. The number of halogens is 1. The summed E-state index contributed by atoms with van der Waals surface area (Å²) < 4.78 is 21.5. The van der Waals surface area contributed by atoms with E-state index in [-0.39, 0.29) is 23.5 Å². The van der Waals surface area contributed by atoms with Crippen LogP contribution in [0.4, 0.5) is 4.39 Å². The molecule has 0 bridgehead atoms. The lowest BCUT2D eigenvalue weighted by Crippen LogP contribution is -2.50. The fourth-order valence-corrected chi connectivity index (χ4v) is 4.73. The molecule has 1 aromatic heterocycles. The molecular weight excluding hydrogens is 441 g/mol. The van der Waals surface area contributed by atoms with Gasteiger partial charge in [0.1, 0.15) is 6.61 Å². The third kappa shape index (κ3) is 5.54. The minimum absolute atomic E-state index is 0.0463. The Morgan fingerprint density at radius 2 is 1.76 bits per heavy atom. The van der Waals surface area contributed by atoms with Crippen molar-refractivity contribution in [3.05, 3.63) is 66.2 Å². The lowest BCUT2D eigenvalue weighted by Gasteiger charge is -2.35. The van der Waals surface area contributed by atoms with Gasteiger partial charge in [0.05, 0.1) is 5.25 Å².